The summed E-state index contributed by atoms with van der Waals surface area (Å²) in [7, 11) is -2.04. The number of hydrogen-bond acceptors (Lipinski definition) is 5. The van der Waals surface area contributed by atoms with E-state index in [1.807, 2.05) is 0 Å². The number of ether oxygens (including phenoxy) is 1. The number of rotatable bonds is 7. The van der Waals surface area contributed by atoms with Crippen molar-refractivity contribution in [2.75, 3.05) is 19.9 Å². The lowest BCUT2D eigenvalue weighted by Gasteiger charge is -2.25. The van der Waals surface area contributed by atoms with Crippen molar-refractivity contribution in [3.63, 3.8) is 0 Å². The molecule has 0 atom stereocenters. The number of carbonyl (C=O) groups is 2. The van der Waals surface area contributed by atoms with Crippen LogP contribution in [-0.2, 0) is 21.1 Å². The molecule has 2 rings (SSSR count). The molecule has 0 radical (unpaired) electrons. The Balaban J connectivity index is 2.05. The first-order valence-corrected chi connectivity index (χ1v) is 9.98. The second kappa shape index (κ2) is 7.43. The Morgan fingerprint density at radius 2 is 1.92 bits per heavy atom. The largest absolute Gasteiger partial charge is 0.496 e. The Kier molecular flexibility index (Phi) is 5.72. The fraction of sp³-hybridized carbons (Fsp3) is 0.529. The van der Waals surface area contributed by atoms with Gasteiger partial charge in [0.25, 0.3) is 0 Å². The summed E-state index contributed by atoms with van der Waals surface area (Å²) in [5.74, 6) is -1.07. The third-order valence-corrected chi connectivity index (χ3v) is 6.76. The summed E-state index contributed by atoms with van der Waals surface area (Å²) in [6.07, 6.45) is 3.69. The van der Waals surface area contributed by atoms with Crippen LogP contribution < -0.4 is 10.1 Å². The van der Waals surface area contributed by atoms with Crippen molar-refractivity contribution in [1.29, 1.82) is 0 Å². The van der Waals surface area contributed by atoms with Gasteiger partial charge >= 0.3 is 5.97 Å². The van der Waals surface area contributed by atoms with Gasteiger partial charge < -0.3 is 15.2 Å². The molecule has 0 bridgehead atoms. The van der Waals surface area contributed by atoms with Crippen molar-refractivity contribution >= 4 is 21.7 Å². The van der Waals surface area contributed by atoms with Gasteiger partial charge in [-0.15, -0.1) is 0 Å². The van der Waals surface area contributed by atoms with E-state index in [9.17, 15) is 18.0 Å². The second-order valence-corrected chi connectivity index (χ2v) is 8.64. The summed E-state index contributed by atoms with van der Waals surface area (Å²) in [4.78, 5) is 23.5. The van der Waals surface area contributed by atoms with Gasteiger partial charge in [-0.1, -0.05) is 18.9 Å². The molecule has 1 aliphatic rings. The summed E-state index contributed by atoms with van der Waals surface area (Å²) in [6.45, 7) is 0.249. The molecule has 2 N–H and O–H groups in total. The van der Waals surface area contributed by atoms with Crippen LogP contribution in [-0.4, -0.2) is 50.1 Å². The van der Waals surface area contributed by atoms with Crippen molar-refractivity contribution in [1.82, 2.24) is 5.32 Å². The van der Waals surface area contributed by atoms with Gasteiger partial charge in [0.05, 0.1) is 12.7 Å². The van der Waals surface area contributed by atoms with Crippen LogP contribution in [0, 0.1) is 0 Å². The molecule has 25 heavy (non-hydrogen) atoms. The molecule has 1 aromatic carbocycles. The summed E-state index contributed by atoms with van der Waals surface area (Å²) < 4.78 is 28.1. The number of benzene rings is 1. The van der Waals surface area contributed by atoms with E-state index >= 15 is 0 Å². The Morgan fingerprint density at radius 3 is 2.44 bits per heavy atom. The van der Waals surface area contributed by atoms with Crippen LogP contribution in [0.1, 0.15) is 41.6 Å². The van der Waals surface area contributed by atoms with Crippen molar-refractivity contribution in [3.8, 4) is 5.75 Å². The number of methoxy groups -OCH3 is 1. The lowest BCUT2D eigenvalue weighted by Crippen LogP contribution is -2.50. The number of aromatic carboxylic acids is 1. The quantitative estimate of drug-likeness (QED) is 0.752. The molecule has 1 saturated carbocycles. The van der Waals surface area contributed by atoms with Crippen LogP contribution in [0.3, 0.4) is 0 Å². The Morgan fingerprint density at radius 1 is 1.28 bits per heavy atom. The van der Waals surface area contributed by atoms with Gasteiger partial charge in [0.2, 0.25) is 5.91 Å². The second-order valence-electron chi connectivity index (χ2n) is 6.31. The molecule has 1 aliphatic carbocycles. The third-order valence-electron chi connectivity index (χ3n) is 4.75. The van der Waals surface area contributed by atoms with Crippen LogP contribution in [0.15, 0.2) is 18.2 Å². The minimum atomic E-state index is -3.49. The summed E-state index contributed by atoms with van der Waals surface area (Å²) in [5.41, 5.74) is 0.860. The Labute approximate surface area is 147 Å². The average molecular weight is 369 g/mol. The van der Waals surface area contributed by atoms with Gasteiger partial charge in [0.15, 0.2) is 9.84 Å². The number of nitrogens with one attached hydrogen (secondary N) is 1. The molecule has 0 aliphatic heterocycles. The molecule has 0 unspecified atom stereocenters. The lowest BCUT2D eigenvalue weighted by molar-refractivity contribution is -0.123. The number of carbonyl (C=O) groups excluding carboxylic acids is 1. The van der Waals surface area contributed by atoms with Crippen LogP contribution in [0.4, 0.5) is 0 Å². The van der Waals surface area contributed by atoms with E-state index in [1.165, 1.54) is 19.2 Å². The average Bonchev–Trinajstić information content (AvgIpc) is 3.05. The smallest absolute Gasteiger partial charge is 0.335 e. The first kappa shape index (κ1) is 19.2. The molecular weight excluding hydrogens is 346 g/mol. The van der Waals surface area contributed by atoms with Gasteiger partial charge in [-0.2, -0.15) is 0 Å². The number of sulfone groups is 1. The fourth-order valence-corrected chi connectivity index (χ4v) is 4.71. The maximum absolute atomic E-state index is 12.5. The monoisotopic (exact) mass is 369 g/mol. The minimum absolute atomic E-state index is 0.117. The molecule has 1 fully saturated rings. The summed E-state index contributed by atoms with van der Waals surface area (Å²) >= 11 is 0. The van der Waals surface area contributed by atoms with Crippen LogP contribution in [0.5, 0.6) is 5.75 Å². The van der Waals surface area contributed by atoms with Gasteiger partial charge in [-0.3, -0.25) is 4.79 Å². The van der Waals surface area contributed by atoms with Crippen molar-refractivity contribution in [2.45, 2.75) is 36.9 Å². The van der Waals surface area contributed by atoms with E-state index in [0.717, 1.165) is 24.7 Å². The zero-order valence-electron chi connectivity index (χ0n) is 14.4. The molecule has 8 heteroatoms. The highest BCUT2D eigenvalue weighted by atomic mass is 32.2. The molecule has 0 spiro atoms. The first-order valence-electron chi connectivity index (χ1n) is 8.09. The third kappa shape index (κ3) is 3.95. The van der Waals surface area contributed by atoms with Gasteiger partial charge in [0, 0.05) is 12.8 Å². The van der Waals surface area contributed by atoms with E-state index < -0.39 is 26.5 Å². The molecule has 1 amide bonds. The minimum Gasteiger partial charge on any atom is -0.496 e. The fourth-order valence-electron chi connectivity index (χ4n) is 3.27. The van der Waals surface area contributed by atoms with Gasteiger partial charge in [-0.25, -0.2) is 13.2 Å². The highest BCUT2D eigenvalue weighted by Gasteiger charge is 2.49. The van der Waals surface area contributed by atoms with Crippen molar-refractivity contribution in [3.05, 3.63) is 29.3 Å². The lowest BCUT2D eigenvalue weighted by atomic mass is 10.1. The SMILES string of the molecule is COc1cc(C(=O)O)ccc1CCNC(=O)C1(S(C)(=O)=O)CCCC1. The normalized spacial score (nSPS) is 16.4. The topological polar surface area (TPSA) is 110 Å². The van der Waals surface area contributed by atoms with E-state index in [1.54, 1.807) is 6.07 Å². The number of hydrogen-bond donors (Lipinski definition) is 2. The molecule has 0 aromatic heterocycles. The van der Waals surface area contributed by atoms with E-state index in [-0.39, 0.29) is 12.1 Å². The van der Waals surface area contributed by atoms with Gasteiger partial charge in [-0.05, 0) is 37.0 Å². The van der Waals surface area contributed by atoms with Crippen LogP contribution in [0.2, 0.25) is 0 Å². The van der Waals surface area contributed by atoms with E-state index in [0.29, 0.717) is 25.0 Å². The summed E-state index contributed by atoms with van der Waals surface area (Å²) in [6, 6.07) is 4.53. The zero-order valence-corrected chi connectivity index (χ0v) is 15.2. The predicted octanol–water partition coefficient (Wildman–Crippen LogP) is 1.41. The highest BCUT2D eigenvalue weighted by molar-refractivity contribution is 7.92. The van der Waals surface area contributed by atoms with Crippen molar-refractivity contribution < 1.29 is 27.9 Å². The Hall–Kier alpha value is -2.09. The zero-order chi connectivity index (χ0) is 18.7. The molecule has 7 nitrogen and oxygen atoms in total. The molecular formula is C17H23NO6S. The number of carboxylic acids is 1. The Bertz CT molecular complexity index is 765. The first-order chi connectivity index (χ1) is 11.7. The predicted molar refractivity (Wildman–Crippen MR) is 92.7 cm³/mol. The highest BCUT2D eigenvalue weighted by Crippen LogP contribution is 2.36. The standard InChI is InChI=1S/C17H23NO6S/c1-24-14-11-13(15(19)20)6-5-12(14)7-10-18-16(21)17(25(2,22)23)8-3-4-9-17/h5-6,11H,3-4,7-10H2,1-2H3,(H,18,21)(H,19,20). The van der Waals surface area contributed by atoms with Crippen LogP contribution in [0.25, 0.3) is 0 Å². The van der Waals surface area contributed by atoms with Gasteiger partial charge in [0.1, 0.15) is 10.5 Å². The molecule has 138 valence electrons. The number of carboxylic acid groups (broad SMARTS) is 1. The van der Waals surface area contributed by atoms with Crippen LogP contribution >= 0.6 is 0 Å². The molecule has 0 heterocycles. The summed E-state index contributed by atoms with van der Waals surface area (Å²) in [5, 5.41) is 11.7. The maximum Gasteiger partial charge on any atom is 0.335 e. The van der Waals surface area contributed by atoms with E-state index in [4.69, 9.17) is 9.84 Å². The molecule has 0 saturated heterocycles. The molecule has 1 aromatic rings. The van der Waals surface area contributed by atoms with Crippen molar-refractivity contribution in [2.24, 2.45) is 0 Å². The maximum atomic E-state index is 12.5. The van der Waals surface area contributed by atoms with E-state index in [2.05, 4.69) is 5.32 Å². The number of amides is 1.